The molecule has 20 heavy (non-hydrogen) atoms. The van der Waals surface area contributed by atoms with E-state index in [2.05, 4.69) is 19.2 Å². The second-order valence-electron chi connectivity index (χ2n) is 5.91. The number of nitrogens with one attached hydrogen (secondary N) is 1. The molecule has 0 bridgehead atoms. The Morgan fingerprint density at radius 3 is 2.30 bits per heavy atom. The van der Waals surface area contributed by atoms with Crippen molar-refractivity contribution >= 4 is 15.7 Å². The monoisotopic (exact) mass is 296 g/mol. The average molecular weight is 296 g/mol. The molecule has 0 aromatic heterocycles. The summed E-state index contributed by atoms with van der Waals surface area (Å²) in [6, 6.07) is 7.01. The molecule has 0 amide bonds. The van der Waals surface area contributed by atoms with E-state index < -0.39 is 10.0 Å². The van der Waals surface area contributed by atoms with E-state index in [4.69, 9.17) is 0 Å². The van der Waals surface area contributed by atoms with Gasteiger partial charge in [0.1, 0.15) is 0 Å². The number of nitrogens with zero attached hydrogens (tertiary/aromatic N) is 1. The lowest BCUT2D eigenvalue weighted by Gasteiger charge is -2.40. The third-order valence-corrected chi connectivity index (χ3v) is 6.26. The number of hydrogen-bond donors (Lipinski definition) is 1. The normalized spacial score (nSPS) is 28.3. The highest BCUT2D eigenvalue weighted by molar-refractivity contribution is 7.89. The molecule has 0 aliphatic carbocycles. The number of hydrogen-bond acceptors (Lipinski definition) is 3. The van der Waals surface area contributed by atoms with Crippen LogP contribution in [0.15, 0.2) is 29.2 Å². The number of benzene rings is 1. The molecule has 1 N–H and O–H groups in total. The van der Waals surface area contributed by atoms with E-state index in [1.807, 2.05) is 14.0 Å². The van der Waals surface area contributed by atoms with Crippen molar-refractivity contribution in [3.63, 3.8) is 0 Å². The molecular weight excluding hydrogens is 272 g/mol. The van der Waals surface area contributed by atoms with E-state index in [1.165, 1.54) is 0 Å². The van der Waals surface area contributed by atoms with Gasteiger partial charge in [-0.1, -0.05) is 13.8 Å². The lowest BCUT2D eigenvalue weighted by molar-refractivity contribution is 0.157. The van der Waals surface area contributed by atoms with Gasteiger partial charge >= 0.3 is 0 Å². The zero-order valence-corrected chi connectivity index (χ0v) is 13.4. The Balaban J connectivity index is 2.32. The minimum absolute atomic E-state index is 0.0557. The average Bonchev–Trinajstić information content (AvgIpc) is 2.42. The maximum absolute atomic E-state index is 12.8. The summed E-state index contributed by atoms with van der Waals surface area (Å²) in [6.07, 6.45) is 1.09. The Morgan fingerprint density at radius 2 is 1.75 bits per heavy atom. The van der Waals surface area contributed by atoms with Crippen LogP contribution in [-0.4, -0.2) is 32.4 Å². The van der Waals surface area contributed by atoms with Crippen LogP contribution in [0.25, 0.3) is 0 Å². The fourth-order valence-corrected chi connectivity index (χ4v) is 4.76. The Kier molecular flexibility index (Phi) is 4.39. The smallest absolute Gasteiger partial charge is 0.243 e. The van der Waals surface area contributed by atoms with Crippen LogP contribution in [0.2, 0.25) is 0 Å². The van der Waals surface area contributed by atoms with Gasteiger partial charge in [0, 0.05) is 25.3 Å². The first-order chi connectivity index (χ1) is 9.36. The van der Waals surface area contributed by atoms with Crippen molar-refractivity contribution in [3.05, 3.63) is 24.3 Å². The quantitative estimate of drug-likeness (QED) is 0.933. The second kappa shape index (κ2) is 5.74. The van der Waals surface area contributed by atoms with Crippen molar-refractivity contribution in [1.29, 1.82) is 0 Å². The molecule has 1 heterocycles. The van der Waals surface area contributed by atoms with Crippen LogP contribution in [0.1, 0.15) is 27.2 Å². The molecule has 1 aromatic carbocycles. The van der Waals surface area contributed by atoms with E-state index in [0.717, 1.165) is 12.1 Å². The first-order valence-corrected chi connectivity index (χ1v) is 8.60. The van der Waals surface area contributed by atoms with E-state index in [9.17, 15) is 8.42 Å². The SMILES string of the molecule is CNc1ccc(S(=O)(=O)N2CC(C)CC(C)C2C)cc1. The molecule has 2 rings (SSSR count). The van der Waals surface area contributed by atoms with Gasteiger partial charge in [-0.15, -0.1) is 0 Å². The van der Waals surface area contributed by atoms with Crippen molar-refractivity contribution in [3.8, 4) is 0 Å². The van der Waals surface area contributed by atoms with E-state index in [0.29, 0.717) is 23.3 Å². The van der Waals surface area contributed by atoms with Crippen LogP contribution in [0.4, 0.5) is 5.69 Å². The van der Waals surface area contributed by atoms with Crippen LogP contribution < -0.4 is 5.32 Å². The van der Waals surface area contributed by atoms with Crippen molar-refractivity contribution in [2.24, 2.45) is 11.8 Å². The minimum atomic E-state index is -3.40. The number of rotatable bonds is 3. The van der Waals surface area contributed by atoms with Gasteiger partial charge in [-0.3, -0.25) is 0 Å². The first kappa shape index (κ1) is 15.3. The zero-order chi connectivity index (χ0) is 14.9. The number of anilines is 1. The Bertz CT molecular complexity index is 554. The van der Waals surface area contributed by atoms with Crippen LogP contribution >= 0.6 is 0 Å². The highest BCUT2D eigenvalue weighted by Gasteiger charge is 2.37. The van der Waals surface area contributed by atoms with E-state index >= 15 is 0 Å². The molecule has 112 valence electrons. The molecule has 3 atom stereocenters. The maximum atomic E-state index is 12.8. The maximum Gasteiger partial charge on any atom is 0.243 e. The highest BCUT2D eigenvalue weighted by atomic mass is 32.2. The molecule has 4 nitrogen and oxygen atoms in total. The van der Waals surface area contributed by atoms with Gasteiger partial charge in [-0.2, -0.15) is 4.31 Å². The summed E-state index contributed by atoms with van der Waals surface area (Å²) in [5, 5.41) is 3.00. The van der Waals surface area contributed by atoms with Crippen LogP contribution in [0, 0.1) is 11.8 Å². The molecule has 0 spiro atoms. The lowest BCUT2D eigenvalue weighted by atomic mass is 9.88. The van der Waals surface area contributed by atoms with Crippen molar-refractivity contribution in [2.45, 2.75) is 38.1 Å². The lowest BCUT2D eigenvalue weighted by Crippen LogP contribution is -2.48. The van der Waals surface area contributed by atoms with Gasteiger partial charge in [0.2, 0.25) is 10.0 Å². The molecule has 0 radical (unpaired) electrons. The fraction of sp³-hybridized carbons (Fsp3) is 0.600. The molecule has 1 aliphatic heterocycles. The Morgan fingerprint density at radius 1 is 1.15 bits per heavy atom. The van der Waals surface area contributed by atoms with Gasteiger partial charge in [-0.05, 0) is 49.4 Å². The van der Waals surface area contributed by atoms with Crippen molar-refractivity contribution in [1.82, 2.24) is 4.31 Å². The molecule has 1 aliphatic rings. The standard InChI is InChI=1S/C15H24N2O2S/c1-11-9-12(2)13(3)17(10-11)20(18,19)15-7-5-14(16-4)6-8-15/h5-8,11-13,16H,9-10H2,1-4H3. The molecule has 1 fully saturated rings. The van der Waals surface area contributed by atoms with Gasteiger partial charge < -0.3 is 5.32 Å². The Hall–Kier alpha value is -1.07. The highest BCUT2D eigenvalue weighted by Crippen LogP contribution is 2.31. The van der Waals surface area contributed by atoms with Gasteiger partial charge in [-0.25, -0.2) is 8.42 Å². The third kappa shape index (κ3) is 2.83. The predicted molar refractivity (Wildman–Crippen MR) is 82.3 cm³/mol. The molecule has 0 saturated carbocycles. The van der Waals surface area contributed by atoms with Crippen LogP contribution in [0.3, 0.4) is 0 Å². The number of sulfonamides is 1. The summed E-state index contributed by atoms with van der Waals surface area (Å²) in [4.78, 5) is 0.379. The minimum Gasteiger partial charge on any atom is -0.388 e. The summed E-state index contributed by atoms with van der Waals surface area (Å²) in [7, 11) is -1.58. The molecule has 5 heteroatoms. The largest absolute Gasteiger partial charge is 0.388 e. The summed E-state index contributed by atoms with van der Waals surface area (Å²) < 4.78 is 27.3. The van der Waals surface area contributed by atoms with Gasteiger partial charge in [0.05, 0.1) is 4.90 Å². The topological polar surface area (TPSA) is 49.4 Å². The number of piperidine rings is 1. The summed E-state index contributed by atoms with van der Waals surface area (Å²) in [5.74, 6) is 0.803. The van der Waals surface area contributed by atoms with E-state index in [1.54, 1.807) is 28.6 Å². The van der Waals surface area contributed by atoms with Crippen LogP contribution in [0.5, 0.6) is 0 Å². The van der Waals surface area contributed by atoms with Crippen molar-refractivity contribution < 1.29 is 8.42 Å². The fourth-order valence-electron chi connectivity index (χ4n) is 2.91. The van der Waals surface area contributed by atoms with Gasteiger partial charge in [0.15, 0.2) is 0 Å². The molecule has 3 unspecified atom stereocenters. The molecule has 1 aromatic rings. The third-order valence-electron chi connectivity index (χ3n) is 4.29. The van der Waals surface area contributed by atoms with Crippen molar-refractivity contribution in [2.75, 3.05) is 18.9 Å². The zero-order valence-electron chi connectivity index (χ0n) is 12.6. The molecule has 1 saturated heterocycles. The van der Waals surface area contributed by atoms with E-state index in [-0.39, 0.29) is 6.04 Å². The first-order valence-electron chi connectivity index (χ1n) is 7.16. The summed E-state index contributed by atoms with van der Waals surface area (Å²) in [5.41, 5.74) is 0.914. The summed E-state index contributed by atoms with van der Waals surface area (Å²) >= 11 is 0. The van der Waals surface area contributed by atoms with Gasteiger partial charge in [0.25, 0.3) is 0 Å². The Labute approximate surface area is 122 Å². The summed E-state index contributed by atoms with van der Waals surface area (Å²) in [6.45, 7) is 6.87. The predicted octanol–water partition coefficient (Wildman–Crippen LogP) is 2.78. The molecular formula is C15H24N2O2S. The van der Waals surface area contributed by atoms with Crippen LogP contribution in [-0.2, 0) is 10.0 Å². The second-order valence-corrected chi connectivity index (χ2v) is 7.80.